The first-order valence-electron chi connectivity index (χ1n) is 5.69. The molecule has 1 aliphatic rings. The highest BCUT2D eigenvalue weighted by Crippen LogP contribution is 2.32. The highest BCUT2D eigenvalue weighted by Gasteiger charge is 2.29. The first-order chi connectivity index (χ1) is 7.83. The smallest absolute Gasteiger partial charge is 0.201 e. The minimum Gasteiger partial charge on any atom is -0.391 e. The van der Waals surface area contributed by atoms with Crippen molar-refractivity contribution in [3.63, 3.8) is 0 Å². The second-order valence-electron chi connectivity index (χ2n) is 4.39. The molecular weight excluding hydrogens is 202 g/mol. The predicted molar refractivity (Wildman–Crippen MR) is 63.3 cm³/mol. The molecule has 1 atom stereocenters. The molecule has 4 heteroatoms. The van der Waals surface area contributed by atoms with Crippen LogP contribution in [0.1, 0.15) is 12.8 Å². The van der Waals surface area contributed by atoms with Crippen LogP contribution in [0.25, 0.3) is 11.0 Å². The Bertz CT molecular complexity index is 457. The molecule has 2 aromatic rings. The second-order valence-corrected chi connectivity index (χ2v) is 4.39. The summed E-state index contributed by atoms with van der Waals surface area (Å²) in [4.78, 5) is 7.56. The number of nitrogens with zero attached hydrogens (tertiary/aromatic N) is 1. The van der Waals surface area contributed by atoms with Crippen LogP contribution in [0.4, 0.5) is 5.95 Å². The lowest BCUT2D eigenvalue weighted by molar-refractivity contribution is 0.164. The van der Waals surface area contributed by atoms with Crippen molar-refractivity contribution >= 4 is 17.0 Å². The zero-order valence-electron chi connectivity index (χ0n) is 8.98. The van der Waals surface area contributed by atoms with Crippen molar-refractivity contribution in [1.29, 1.82) is 0 Å². The Morgan fingerprint density at radius 2 is 2.25 bits per heavy atom. The van der Waals surface area contributed by atoms with E-state index >= 15 is 0 Å². The SMILES string of the molecule is OC(CNc1nc2ccccc2[nH]1)C1CC1. The van der Waals surface area contributed by atoms with E-state index in [1.807, 2.05) is 24.3 Å². The van der Waals surface area contributed by atoms with Crippen LogP contribution in [0.15, 0.2) is 24.3 Å². The maximum atomic E-state index is 9.72. The maximum Gasteiger partial charge on any atom is 0.201 e. The largest absolute Gasteiger partial charge is 0.391 e. The van der Waals surface area contributed by atoms with Gasteiger partial charge in [-0.05, 0) is 30.9 Å². The molecular formula is C12H15N3O. The second kappa shape index (κ2) is 3.79. The van der Waals surface area contributed by atoms with Gasteiger partial charge in [0.25, 0.3) is 0 Å². The van der Waals surface area contributed by atoms with Crippen LogP contribution in [0.2, 0.25) is 0 Å². The van der Waals surface area contributed by atoms with E-state index in [0.29, 0.717) is 12.5 Å². The van der Waals surface area contributed by atoms with E-state index in [0.717, 1.165) is 29.8 Å². The number of nitrogens with one attached hydrogen (secondary N) is 2. The summed E-state index contributed by atoms with van der Waals surface area (Å²) in [6, 6.07) is 7.90. The van der Waals surface area contributed by atoms with Crippen molar-refractivity contribution in [1.82, 2.24) is 9.97 Å². The van der Waals surface area contributed by atoms with Crippen molar-refractivity contribution in [2.45, 2.75) is 18.9 Å². The van der Waals surface area contributed by atoms with Gasteiger partial charge < -0.3 is 15.4 Å². The fourth-order valence-electron chi connectivity index (χ4n) is 1.89. The van der Waals surface area contributed by atoms with Gasteiger partial charge in [0.2, 0.25) is 5.95 Å². The van der Waals surface area contributed by atoms with Crippen molar-refractivity contribution in [2.24, 2.45) is 5.92 Å². The quantitative estimate of drug-likeness (QED) is 0.731. The first kappa shape index (κ1) is 9.66. The fourth-order valence-corrected chi connectivity index (χ4v) is 1.89. The van der Waals surface area contributed by atoms with Crippen LogP contribution < -0.4 is 5.32 Å². The summed E-state index contributed by atoms with van der Waals surface area (Å²) in [5.41, 5.74) is 1.97. The third-order valence-electron chi connectivity index (χ3n) is 3.03. The topological polar surface area (TPSA) is 60.9 Å². The number of benzene rings is 1. The molecule has 0 bridgehead atoms. The Morgan fingerprint density at radius 1 is 1.44 bits per heavy atom. The number of anilines is 1. The van der Waals surface area contributed by atoms with Crippen molar-refractivity contribution in [3.05, 3.63) is 24.3 Å². The van der Waals surface area contributed by atoms with Gasteiger partial charge in [0.1, 0.15) is 0 Å². The van der Waals surface area contributed by atoms with Crippen molar-refractivity contribution < 1.29 is 5.11 Å². The average molecular weight is 217 g/mol. The van der Waals surface area contributed by atoms with E-state index < -0.39 is 0 Å². The van der Waals surface area contributed by atoms with Gasteiger partial charge in [-0.25, -0.2) is 4.98 Å². The summed E-state index contributed by atoms with van der Waals surface area (Å²) in [6.45, 7) is 0.574. The Hall–Kier alpha value is -1.55. The van der Waals surface area contributed by atoms with Gasteiger partial charge in [0.15, 0.2) is 0 Å². The lowest BCUT2D eigenvalue weighted by atomic mass is 10.2. The number of fused-ring (bicyclic) bond motifs is 1. The Balaban J connectivity index is 1.69. The predicted octanol–water partition coefficient (Wildman–Crippen LogP) is 1.75. The fraction of sp³-hybridized carbons (Fsp3) is 0.417. The molecule has 3 N–H and O–H groups in total. The number of rotatable bonds is 4. The molecule has 1 unspecified atom stereocenters. The zero-order chi connectivity index (χ0) is 11.0. The molecule has 1 aromatic carbocycles. The summed E-state index contributed by atoms with van der Waals surface area (Å²) in [6.07, 6.45) is 2.07. The Morgan fingerprint density at radius 3 is 3.00 bits per heavy atom. The van der Waals surface area contributed by atoms with Crippen LogP contribution >= 0.6 is 0 Å². The van der Waals surface area contributed by atoms with E-state index in [2.05, 4.69) is 15.3 Å². The molecule has 84 valence electrons. The van der Waals surface area contributed by atoms with Crippen LogP contribution in [-0.4, -0.2) is 27.7 Å². The third-order valence-corrected chi connectivity index (χ3v) is 3.03. The highest BCUT2D eigenvalue weighted by molar-refractivity contribution is 5.77. The normalized spacial score (nSPS) is 17.6. The van der Waals surface area contributed by atoms with Gasteiger partial charge >= 0.3 is 0 Å². The van der Waals surface area contributed by atoms with Gasteiger partial charge in [-0.1, -0.05) is 12.1 Å². The average Bonchev–Trinajstić information content (AvgIpc) is 3.06. The zero-order valence-corrected chi connectivity index (χ0v) is 8.98. The summed E-state index contributed by atoms with van der Waals surface area (Å²) in [5, 5.41) is 12.9. The van der Waals surface area contributed by atoms with Gasteiger partial charge in [0, 0.05) is 6.54 Å². The van der Waals surface area contributed by atoms with Crippen molar-refractivity contribution in [2.75, 3.05) is 11.9 Å². The summed E-state index contributed by atoms with van der Waals surface area (Å²) >= 11 is 0. The number of imidazole rings is 1. The molecule has 0 aliphatic heterocycles. The molecule has 1 heterocycles. The Labute approximate surface area is 93.7 Å². The van der Waals surface area contributed by atoms with E-state index in [9.17, 15) is 5.11 Å². The number of aromatic amines is 1. The highest BCUT2D eigenvalue weighted by atomic mass is 16.3. The minimum absolute atomic E-state index is 0.242. The number of hydrogen-bond donors (Lipinski definition) is 3. The van der Waals surface area contributed by atoms with Crippen LogP contribution in [-0.2, 0) is 0 Å². The molecule has 0 spiro atoms. The van der Waals surface area contributed by atoms with Gasteiger partial charge in [-0.2, -0.15) is 0 Å². The van der Waals surface area contributed by atoms with E-state index in [-0.39, 0.29) is 6.10 Å². The first-order valence-corrected chi connectivity index (χ1v) is 5.69. The third kappa shape index (κ3) is 1.88. The Kier molecular flexibility index (Phi) is 2.29. The lowest BCUT2D eigenvalue weighted by Crippen LogP contribution is -2.21. The number of H-pyrrole nitrogens is 1. The molecule has 1 fully saturated rings. The minimum atomic E-state index is -0.242. The summed E-state index contributed by atoms with van der Waals surface area (Å²) < 4.78 is 0. The van der Waals surface area contributed by atoms with Crippen LogP contribution in [0.5, 0.6) is 0 Å². The number of aliphatic hydroxyl groups excluding tert-OH is 1. The molecule has 0 saturated heterocycles. The maximum absolute atomic E-state index is 9.72. The van der Waals surface area contributed by atoms with Gasteiger partial charge in [-0.15, -0.1) is 0 Å². The monoisotopic (exact) mass is 217 g/mol. The standard InChI is InChI=1S/C12H15N3O/c16-11(8-5-6-8)7-13-12-14-9-3-1-2-4-10(9)15-12/h1-4,8,11,16H,5-7H2,(H2,13,14,15). The molecule has 16 heavy (non-hydrogen) atoms. The van der Waals surface area contributed by atoms with Crippen molar-refractivity contribution in [3.8, 4) is 0 Å². The summed E-state index contributed by atoms with van der Waals surface area (Å²) in [5.74, 6) is 1.23. The van der Waals surface area contributed by atoms with E-state index in [1.165, 1.54) is 0 Å². The number of hydrogen-bond acceptors (Lipinski definition) is 3. The molecule has 1 aliphatic carbocycles. The van der Waals surface area contributed by atoms with Gasteiger partial charge in [-0.3, -0.25) is 0 Å². The van der Waals surface area contributed by atoms with Crippen LogP contribution in [0.3, 0.4) is 0 Å². The molecule has 1 aromatic heterocycles. The van der Waals surface area contributed by atoms with Crippen LogP contribution in [0, 0.1) is 5.92 Å². The molecule has 3 rings (SSSR count). The van der Waals surface area contributed by atoms with E-state index in [4.69, 9.17) is 0 Å². The molecule has 1 saturated carbocycles. The molecule has 4 nitrogen and oxygen atoms in total. The van der Waals surface area contributed by atoms with E-state index in [1.54, 1.807) is 0 Å². The van der Waals surface area contributed by atoms with Gasteiger partial charge in [0.05, 0.1) is 17.1 Å². The molecule has 0 radical (unpaired) electrons. The number of para-hydroxylation sites is 2. The molecule has 0 amide bonds. The lowest BCUT2D eigenvalue weighted by Gasteiger charge is -2.08. The number of aliphatic hydroxyl groups is 1. The summed E-state index contributed by atoms with van der Waals surface area (Å²) in [7, 11) is 0. The number of aromatic nitrogens is 2.